The third-order valence-electron chi connectivity index (χ3n) is 3.68. The highest BCUT2D eigenvalue weighted by Crippen LogP contribution is 2.35. The second kappa shape index (κ2) is 7.27. The van der Waals surface area contributed by atoms with Gasteiger partial charge in [0, 0.05) is 5.39 Å². The van der Waals surface area contributed by atoms with E-state index >= 15 is 0 Å². The summed E-state index contributed by atoms with van der Waals surface area (Å²) in [5, 5.41) is 0.619. The lowest BCUT2D eigenvalue weighted by Gasteiger charge is -2.09. The summed E-state index contributed by atoms with van der Waals surface area (Å²) in [5.74, 6) is 0.272. The summed E-state index contributed by atoms with van der Waals surface area (Å²) in [6.45, 7) is 3.95. The molecule has 3 aromatic rings. The number of benzene rings is 2. The van der Waals surface area contributed by atoms with E-state index < -0.39 is 5.97 Å². The second-order valence-corrected chi connectivity index (χ2v) is 6.31. The third-order valence-corrected chi connectivity index (χ3v) is 4.30. The Morgan fingerprint density at radius 3 is 2.80 bits per heavy atom. The SMILES string of the molecule is CCOC(=O)c1c(C)oc2cc(Br)c(OCc3cccc(F)c3)cc12. The molecule has 4 nitrogen and oxygen atoms in total. The number of fused-ring (bicyclic) bond motifs is 1. The summed E-state index contributed by atoms with van der Waals surface area (Å²) in [4.78, 5) is 12.2. The maximum atomic E-state index is 13.3. The highest BCUT2D eigenvalue weighted by atomic mass is 79.9. The van der Waals surface area contributed by atoms with E-state index in [9.17, 15) is 9.18 Å². The van der Waals surface area contributed by atoms with E-state index in [4.69, 9.17) is 13.9 Å². The van der Waals surface area contributed by atoms with Crippen molar-refractivity contribution in [1.29, 1.82) is 0 Å². The molecule has 130 valence electrons. The first-order valence-electron chi connectivity index (χ1n) is 7.76. The Labute approximate surface area is 152 Å². The molecule has 0 fully saturated rings. The second-order valence-electron chi connectivity index (χ2n) is 5.45. The molecular formula is C19H16BrFO4. The van der Waals surface area contributed by atoms with Gasteiger partial charge >= 0.3 is 5.97 Å². The Balaban J connectivity index is 1.94. The van der Waals surface area contributed by atoms with Crippen LogP contribution < -0.4 is 4.74 Å². The first kappa shape index (κ1) is 17.5. The first-order chi connectivity index (χ1) is 12.0. The van der Waals surface area contributed by atoms with Crippen LogP contribution in [-0.2, 0) is 11.3 Å². The molecule has 0 amide bonds. The molecule has 0 unspecified atom stereocenters. The van der Waals surface area contributed by atoms with Crippen LogP contribution in [0.2, 0.25) is 0 Å². The Hall–Kier alpha value is -2.34. The van der Waals surface area contributed by atoms with Gasteiger partial charge in [-0.05, 0) is 59.6 Å². The third kappa shape index (κ3) is 3.69. The van der Waals surface area contributed by atoms with Crippen molar-refractivity contribution in [3.63, 3.8) is 0 Å². The standard InChI is InChI=1S/C19H16BrFO4/c1-3-23-19(22)18-11(2)25-16-9-15(20)17(8-14(16)18)24-10-12-5-4-6-13(21)7-12/h4-9H,3,10H2,1-2H3. The molecule has 3 rings (SSSR count). The van der Waals surface area contributed by atoms with Crippen molar-refractivity contribution in [2.45, 2.75) is 20.5 Å². The van der Waals surface area contributed by atoms with Crippen molar-refractivity contribution in [2.75, 3.05) is 6.61 Å². The zero-order chi connectivity index (χ0) is 18.0. The lowest BCUT2D eigenvalue weighted by molar-refractivity contribution is 0.0526. The molecular weight excluding hydrogens is 391 g/mol. The van der Waals surface area contributed by atoms with Crippen molar-refractivity contribution >= 4 is 32.9 Å². The van der Waals surface area contributed by atoms with E-state index in [-0.39, 0.29) is 19.0 Å². The molecule has 0 saturated carbocycles. The van der Waals surface area contributed by atoms with Crippen LogP contribution in [0.3, 0.4) is 0 Å². The monoisotopic (exact) mass is 406 g/mol. The normalized spacial score (nSPS) is 10.9. The fourth-order valence-corrected chi connectivity index (χ4v) is 3.01. The molecule has 0 aliphatic heterocycles. The van der Waals surface area contributed by atoms with Gasteiger partial charge in [-0.2, -0.15) is 0 Å². The molecule has 0 aliphatic rings. The molecule has 2 aromatic carbocycles. The Morgan fingerprint density at radius 2 is 2.08 bits per heavy atom. The van der Waals surface area contributed by atoms with E-state index in [0.717, 1.165) is 0 Å². The number of carbonyl (C=O) groups is 1. The average molecular weight is 407 g/mol. The number of aryl methyl sites for hydroxylation is 1. The molecule has 1 aromatic heterocycles. The van der Waals surface area contributed by atoms with Crippen LogP contribution in [0.4, 0.5) is 4.39 Å². The predicted molar refractivity (Wildman–Crippen MR) is 95.3 cm³/mol. The van der Waals surface area contributed by atoms with Gasteiger partial charge in [0.1, 0.15) is 35.1 Å². The summed E-state index contributed by atoms with van der Waals surface area (Å²) in [6.07, 6.45) is 0. The van der Waals surface area contributed by atoms with Gasteiger partial charge in [0.15, 0.2) is 0 Å². The number of rotatable bonds is 5. The predicted octanol–water partition coefficient (Wildman–Crippen LogP) is 5.40. The van der Waals surface area contributed by atoms with E-state index in [2.05, 4.69) is 15.9 Å². The smallest absolute Gasteiger partial charge is 0.342 e. The molecule has 1 heterocycles. The fourth-order valence-electron chi connectivity index (χ4n) is 2.58. The number of ether oxygens (including phenoxy) is 2. The summed E-state index contributed by atoms with van der Waals surface area (Å²) in [5.41, 5.74) is 1.66. The van der Waals surface area contributed by atoms with Crippen LogP contribution in [0.25, 0.3) is 11.0 Å². The lowest BCUT2D eigenvalue weighted by Crippen LogP contribution is -2.05. The maximum Gasteiger partial charge on any atom is 0.342 e. The summed E-state index contributed by atoms with van der Waals surface area (Å²) in [6, 6.07) is 9.67. The molecule has 6 heteroatoms. The van der Waals surface area contributed by atoms with Gasteiger partial charge in [-0.15, -0.1) is 0 Å². The van der Waals surface area contributed by atoms with Crippen LogP contribution >= 0.6 is 15.9 Å². The number of carbonyl (C=O) groups excluding carboxylic acids is 1. The minimum absolute atomic E-state index is 0.202. The topological polar surface area (TPSA) is 48.7 Å². The lowest BCUT2D eigenvalue weighted by atomic mass is 10.1. The minimum atomic E-state index is -0.433. The van der Waals surface area contributed by atoms with Crippen LogP contribution in [0.5, 0.6) is 5.75 Å². The number of hydrogen-bond donors (Lipinski definition) is 0. The van der Waals surface area contributed by atoms with Crippen LogP contribution in [-0.4, -0.2) is 12.6 Å². The number of esters is 1. The van der Waals surface area contributed by atoms with E-state index in [1.807, 2.05) is 0 Å². The summed E-state index contributed by atoms with van der Waals surface area (Å²) >= 11 is 3.43. The van der Waals surface area contributed by atoms with Crippen LogP contribution in [0.15, 0.2) is 45.3 Å². The molecule has 0 aliphatic carbocycles. The molecule has 0 radical (unpaired) electrons. The zero-order valence-electron chi connectivity index (χ0n) is 13.8. The molecule has 0 atom stereocenters. The van der Waals surface area contributed by atoms with Gasteiger partial charge in [-0.25, -0.2) is 9.18 Å². The minimum Gasteiger partial charge on any atom is -0.488 e. The number of hydrogen-bond acceptors (Lipinski definition) is 4. The molecule has 0 spiro atoms. The molecule has 0 N–H and O–H groups in total. The molecule has 25 heavy (non-hydrogen) atoms. The first-order valence-corrected chi connectivity index (χ1v) is 8.56. The average Bonchev–Trinajstić information content (AvgIpc) is 2.87. The maximum absolute atomic E-state index is 13.3. The van der Waals surface area contributed by atoms with E-state index in [0.29, 0.717) is 38.1 Å². The van der Waals surface area contributed by atoms with Crippen molar-refractivity contribution < 1.29 is 23.1 Å². The highest BCUT2D eigenvalue weighted by molar-refractivity contribution is 9.10. The van der Waals surface area contributed by atoms with Gasteiger partial charge in [0.05, 0.1) is 11.1 Å². The van der Waals surface area contributed by atoms with Gasteiger partial charge in [0.25, 0.3) is 0 Å². The van der Waals surface area contributed by atoms with E-state index in [1.54, 1.807) is 38.1 Å². The van der Waals surface area contributed by atoms with Crippen molar-refractivity contribution in [1.82, 2.24) is 0 Å². The fraction of sp³-hybridized carbons (Fsp3) is 0.211. The van der Waals surface area contributed by atoms with Crippen molar-refractivity contribution in [3.05, 3.63) is 63.6 Å². The highest BCUT2D eigenvalue weighted by Gasteiger charge is 2.21. The number of furan rings is 1. The van der Waals surface area contributed by atoms with Crippen molar-refractivity contribution in [2.24, 2.45) is 0 Å². The summed E-state index contributed by atoms with van der Waals surface area (Å²) < 4.78 is 30.5. The van der Waals surface area contributed by atoms with Gasteiger partial charge in [-0.1, -0.05) is 12.1 Å². The van der Waals surface area contributed by atoms with Crippen molar-refractivity contribution in [3.8, 4) is 5.75 Å². The zero-order valence-corrected chi connectivity index (χ0v) is 15.4. The van der Waals surface area contributed by atoms with Gasteiger partial charge in [0.2, 0.25) is 0 Å². The Bertz CT molecular complexity index is 933. The summed E-state index contributed by atoms with van der Waals surface area (Å²) in [7, 11) is 0. The number of halogens is 2. The van der Waals surface area contributed by atoms with Crippen LogP contribution in [0.1, 0.15) is 28.6 Å². The van der Waals surface area contributed by atoms with Crippen LogP contribution in [0, 0.1) is 12.7 Å². The van der Waals surface area contributed by atoms with Gasteiger partial charge in [-0.3, -0.25) is 0 Å². The Kier molecular flexibility index (Phi) is 5.08. The Morgan fingerprint density at radius 1 is 1.28 bits per heavy atom. The largest absolute Gasteiger partial charge is 0.488 e. The molecule has 0 bridgehead atoms. The van der Waals surface area contributed by atoms with E-state index in [1.165, 1.54) is 12.1 Å². The quantitative estimate of drug-likeness (QED) is 0.532. The van der Waals surface area contributed by atoms with Gasteiger partial charge < -0.3 is 13.9 Å². The molecule has 0 saturated heterocycles.